The lowest BCUT2D eigenvalue weighted by Gasteiger charge is -2.33. The first-order valence-corrected chi connectivity index (χ1v) is 9.97. The zero-order valence-corrected chi connectivity index (χ0v) is 15.7. The Balaban J connectivity index is 1.32. The monoisotopic (exact) mass is 373 g/mol. The number of aromatic nitrogens is 3. The molecule has 3 N–H and O–H groups in total. The molecule has 1 aliphatic heterocycles. The maximum absolute atomic E-state index is 11.6. The highest BCUT2D eigenvalue weighted by molar-refractivity contribution is 7.99. The van der Waals surface area contributed by atoms with Gasteiger partial charge in [0, 0.05) is 46.1 Å². The maximum Gasteiger partial charge on any atom is 0.407 e. The maximum atomic E-state index is 11.6. The Labute approximate surface area is 156 Å². The fourth-order valence-corrected chi connectivity index (χ4v) is 4.35. The molecule has 0 spiro atoms. The van der Waals surface area contributed by atoms with E-state index in [0.29, 0.717) is 5.92 Å². The molecule has 8 heteroatoms. The van der Waals surface area contributed by atoms with Crippen molar-refractivity contribution in [3.05, 3.63) is 29.6 Å². The molecule has 26 heavy (non-hydrogen) atoms. The molecule has 1 saturated carbocycles. The number of carbonyl (C=O) groups is 1. The van der Waals surface area contributed by atoms with Crippen molar-refractivity contribution in [2.45, 2.75) is 56.1 Å². The molecule has 0 atom stereocenters. The Kier molecular flexibility index (Phi) is 4.76. The van der Waals surface area contributed by atoms with E-state index in [4.69, 9.17) is 4.74 Å². The Morgan fingerprint density at radius 1 is 1.42 bits per heavy atom. The van der Waals surface area contributed by atoms with Crippen molar-refractivity contribution in [3.63, 3.8) is 0 Å². The molecule has 3 heterocycles. The zero-order valence-electron chi connectivity index (χ0n) is 14.9. The lowest BCUT2D eigenvalue weighted by Crippen LogP contribution is -2.38. The van der Waals surface area contributed by atoms with Crippen LogP contribution in [-0.4, -0.2) is 39.2 Å². The molecule has 0 bridgehead atoms. The first-order chi connectivity index (χ1) is 12.6. The minimum Gasteiger partial charge on any atom is -0.446 e. The number of ether oxygens (including phenoxy) is 1. The second-order valence-electron chi connectivity index (χ2n) is 7.06. The van der Waals surface area contributed by atoms with Gasteiger partial charge in [-0.3, -0.25) is 5.10 Å². The molecule has 0 unspecified atom stereocenters. The van der Waals surface area contributed by atoms with Crippen molar-refractivity contribution in [1.82, 2.24) is 20.5 Å². The van der Waals surface area contributed by atoms with Gasteiger partial charge in [-0.05, 0) is 39.2 Å². The highest BCUT2D eigenvalue weighted by Crippen LogP contribution is 2.39. The van der Waals surface area contributed by atoms with Crippen LogP contribution < -0.4 is 10.6 Å². The van der Waals surface area contributed by atoms with Gasteiger partial charge in [0.15, 0.2) is 5.82 Å². The number of H-pyrrole nitrogens is 1. The van der Waals surface area contributed by atoms with Gasteiger partial charge >= 0.3 is 6.09 Å². The van der Waals surface area contributed by atoms with Crippen LogP contribution in [0.1, 0.15) is 43.9 Å². The van der Waals surface area contributed by atoms with Crippen LogP contribution in [0.25, 0.3) is 0 Å². The molecule has 4 rings (SSSR count). The summed E-state index contributed by atoms with van der Waals surface area (Å²) < 4.78 is 5.39. The van der Waals surface area contributed by atoms with Crippen LogP contribution >= 0.6 is 11.8 Å². The van der Waals surface area contributed by atoms with E-state index >= 15 is 0 Å². The normalized spacial score (nSPS) is 21.2. The molecule has 2 aromatic rings. The summed E-state index contributed by atoms with van der Waals surface area (Å²) in [5, 5.41) is 13.5. The molecule has 2 aliphatic rings. The van der Waals surface area contributed by atoms with Crippen molar-refractivity contribution in [2.24, 2.45) is 0 Å². The zero-order chi connectivity index (χ0) is 18.1. The Morgan fingerprint density at radius 3 is 3.08 bits per heavy atom. The molecular formula is C18H23N5O2S. The Hall–Kier alpha value is -2.22. The predicted molar refractivity (Wildman–Crippen MR) is 101 cm³/mol. The van der Waals surface area contributed by atoms with Gasteiger partial charge in [-0.1, -0.05) is 0 Å². The average molecular weight is 373 g/mol. The number of anilines is 2. The average Bonchev–Trinajstić information content (AvgIpc) is 3.19. The van der Waals surface area contributed by atoms with Gasteiger partial charge in [-0.25, -0.2) is 9.78 Å². The lowest BCUT2D eigenvalue weighted by molar-refractivity contribution is 0.0374. The summed E-state index contributed by atoms with van der Waals surface area (Å²) in [5.74, 6) is 3.13. The van der Waals surface area contributed by atoms with Crippen molar-refractivity contribution in [2.75, 3.05) is 11.1 Å². The van der Waals surface area contributed by atoms with Crippen LogP contribution in [-0.2, 0) is 11.2 Å². The topological polar surface area (TPSA) is 91.9 Å². The van der Waals surface area contributed by atoms with Crippen molar-refractivity contribution >= 4 is 29.5 Å². The third-order valence-corrected chi connectivity index (χ3v) is 5.78. The smallest absolute Gasteiger partial charge is 0.407 e. The second kappa shape index (κ2) is 7.19. The lowest BCUT2D eigenvalue weighted by atomic mass is 9.80. The van der Waals surface area contributed by atoms with Crippen molar-refractivity contribution < 1.29 is 9.53 Å². The number of hydrogen-bond acceptors (Lipinski definition) is 6. The number of amides is 1. The summed E-state index contributed by atoms with van der Waals surface area (Å²) in [6.07, 6.45) is 4.16. The molecule has 138 valence electrons. The number of alkyl carbamates (subject to hydrolysis) is 1. The Bertz CT molecular complexity index is 801. The van der Waals surface area contributed by atoms with E-state index in [2.05, 4.69) is 31.9 Å². The van der Waals surface area contributed by atoms with Crippen LogP contribution in [0.15, 0.2) is 23.2 Å². The molecule has 1 amide bonds. The quantitative estimate of drug-likeness (QED) is 0.742. The summed E-state index contributed by atoms with van der Waals surface area (Å²) >= 11 is 1.87. The van der Waals surface area contributed by atoms with Gasteiger partial charge in [-0.2, -0.15) is 5.10 Å². The van der Waals surface area contributed by atoms with E-state index in [1.54, 1.807) is 0 Å². The summed E-state index contributed by atoms with van der Waals surface area (Å²) in [7, 11) is 0. The summed E-state index contributed by atoms with van der Waals surface area (Å²) in [4.78, 5) is 17.4. The molecule has 0 radical (unpaired) electrons. The molecule has 7 nitrogen and oxygen atoms in total. The van der Waals surface area contributed by atoms with Crippen molar-refractivity contribution in [3.8, 4) is 0 Å². The third-order valence-electron chi connectivity index (χ3n) is 4.68. The molecule has 0 saturated heterocycles. The number of hydrogen-bond donors (Lipinski definition) is 3. The number of carbonyl (C=O) groups excluding carboxylic acids is 1. The van der Waals surface area contributed by atoms with Gasteiger partial charge in [0.1, 0.15) is 11.9 Å². The number of aromatic amines is 1. The SMILES string of the molecule is CC(C)NC(=O)OC1CC(c2cc(Nc3nccc4c3CCS4)n[nH]2)C1. The van der Waals surface area contributed by atoms with Crippen LogP contribution in [0.5, 0.6) is 0 Å². The molecular weight excluding hydrogens is 350 g/mol. The predicted octanol–water partition coefficient (Wildman–Crippen LogP) is 3.58. The largest absolute Gasteiger partial charge is 0.446 e. The summed E-state index contributed by atoms with van der Waals surface area (Å²) in [5.41, 5.74) is 2.34. The molecule has 1 aliphatic carbocycles. The van der Waals surface area contributed by atoms with E-state index in [1.165, 1.54) is 10.5 Å². The summed E-state index contributed by atoms with van der Waals surface area (Å²) in [6, 6.07) is 4.18. The molecule has 0 aromatic carbocycles. The van der Waals surface area contributed by atoms with E-state index in [0.717, 1.165) is 42.3 Å². The van der Waals surface area contributed by atoms with Crippen molar-refractivity contribution in [1.29, 1.82) is 0 Å². The number of fused-ring (bicyclic) bond motifs is 1. The van der Waals surface area contributed by atoms with E-state index in [9.17, 15) is 4.79 Å². The summed E-state index contributed by atoms with van der Waals surface area (Å²) in [6.45, 7) is 3.83. The highest BCUT2D eigenvalue weighted by atomic mass is 32.2. The fraction of sp³-hybridized carbons (Fsp3) is 0.500. The highest BCUT2D eigenvalue weighted by Gasteiger charge is 2.34. The van der Waals surface area contributed by atoms with Crippen LogP contribution in [0.2, 0.25) is 0 Å². The van der Waals surface area contributed by atoms with Crippen LogP contribution in [0.4, 0.5) is 16.4 Å². The van der Waals surface area contributed by atoms with Gasteiger partial charge < -0.3 is 15.4 Å². The van der Waals surface area contributed by atoms with Crippen LogP contribution in [0.3, 0.4) is 0 Å². The number of nitrogens with zero attached hydrogens (tertiary/aromatic N) is 2. The number of thioether (sulfide) groups is 1. The number of nitrogens with one attached hydrogen (secondary N) is 3. The number of rotatable bonds is 5. The van der Waals surface area contributed by atoms with Gasteiger partial charge in [-0.15, -0.1) is 11.8 Å². The van der Waals surface area contributed by atoms with E-state index in [1.807, 2.05) is 37.9 Å². The van der Waals surface area contributed by atoms with Gasteiger partial charge in [0.25, 0.3) is 0 Å². The standard InChI is InChI=1S/C18H23N5O2S/c1-10(2)20-18(24)25-12-7-11(8-12)14-9-16(23-22-14)21-17-13-4-6-26-15(13)3-5-19-17/h3,5,9-12H,4,6-8H2,1-2H3,(H,20,24)(H2,19,21,22,23). The van der Waals surface area contributed by atoms with Crippen LogP contribution in [0, 0.1) is 0 Å². The van der Waals surface area contributed by atoms with E-state index < -0.39 is 0 Å². The third kappa shape index (κ3) is 3.65. The minimum atomic E-state index is -0.336. The Morgan fingerprint density at radius 2 is 2.27 bits per heavy atom. The fourth-order valence-electron chi connectivity index (χ4n) is 3.29. The minimum absolute atomic E-state index is 0.0189. The van der Waals surface area contributed by atoms with Gasteiger partial charge in [0.2, 0.25) is 0 Å². The molecule has 2 aromatic heterocycles. The first-order valence-electron chi connectivity index (χ1n) is 8.98. The molecule has 1 fully saturated rings. The van der Waals surface area contributed by atoms with E-state index in [-0.39, 0.29) is 18.2 Å². The van der Waals surface area contributed by atoms with Gasteiger partial charge in [0.05, 0.1) is 0 Å². The second-order valence-corrected chi connectivity index (χ2v) is 8.20. The first kappa shape index (κ1) is 17.2. The number of pyridine rings is 1.